The summed E-state index contributed by atoms with van der Waals surface area (Å²) >= 11 is 0. The van der Waals surface area contributed by atoms with Crippen molar-refractivity contribution in [1.82, 2.24) is 10.2 Å². The molecular formula is C40H47N3O5S. The molecule has 0 radical (unpaired) electrons. The van der Waals surface area contributed by atoms with E-state index in [0.29, 0.717) is 18.0 Å². The van der Waals surface area contributed by atoms with Gasteiger partial charge in [-0.2, -0.15) is 0 Å². The lowest BCUT2D eigenvalue weighted by Gasteiger charge is -2.35. The number of amides is 2. The lowest BCUT2D eigenvalue weighted by molar-refractivity contribution is -0.140. The third-order valence-electron chi connectivity index (χ3n) is 9.02. The Bertz CT molecular complexity index is 1770. The lowest BCUT2D eigenvalue weighted by Crippen LogP contribution is -2.55. The van der Waals surface area contributed by atoms with E-state index in [-0.39, 0.29) is 29.8 Å². The molecule has 1 fully saturated rings. The Morgan fingerprint density at radius 2 is 1.41 bits per heavy atom. The molecule has 9 heteroatoms. The average molecular weight is 682 g/mol. The van der Waals surface area contributed by atoms with Gasteiger partial charge in [-0.1, -0.05) is 97.1 Å². The number of anilines is 1. The Balaban J connectivity index is 1.55. The summed E-state index contributed by atoms with van der Waals surface area (Å²) in [4.78, 5) is 30.6. The van der Waals surface area contributed by atoms with E-state index in [0.717, 1.165) is 58.7 Å². The van der Waals surface area contributed by atoms with Crippen molar-refractivity contribution in [3.63, 3.8) is 0 Å². The SMILES string of the molecule is CCOc1ccc(S(=O)(=O)N(CC(=O)N(Cc2ccc(C)cc2)[C@@H](Cc2ccccc2)C(=O)NC2CCCCC2)c2ccc(C)cc2)cc1. The summed E-state index contributed by atoms with van der Waals surface area (Å²) in [5.74, 6) is -0.153. The molecule has 1 aliphatic rings. The first-order valence-corrected chi connectivity index (χ1v) is 18.6. The van der Waals surface area contributed by atoms with Gasteiger partial charge >= 0.3 is 0 Å². The van der Waals surface area contributed by atoms with Gasteiger partial charge in [0, 0.05) is 19.0 Å². The minimum Gasteiger partial charge on any atom is -0.494 e. The first-order chi connectivity index (χ1) is 23.6. The molecule has 0 spiro atoms. The van der Waals surface area contributed by atoms with Crippen LogP contribution in [0.3, 0.4) is 0 Å². The fourth-order valence-corrected chi connectivity index (χ4v) is 7.64. The summed E-state index contributed by atoms with van der Waals surface area (Å²) in [7, 11) is -4.20. The number of sulfonamides is 1. The van der Waals surface area contributed by atoms with Gasteiger partial charge in [0.15, 0.2) is 0 Å². The van der Waals surface area contributed by atoms with Crippen LogP contribution in [-0.2, 0) is 32.6 Å². The molecule has 5 rings (SSSR count). The molecule has 1 atom stereocenters. The van der Waals surface area contributed by atoms with Crippen LogP contribution in [0.25, 0.3) is 0 Å². The molecule has 0 bridgehead atoms. The number of hydrogen-bond donors (Lipinski definition) is 1. The topological polar surface area (TPSA) is 96.0 Å². The third-order valence-corrected chi connectivity index (χ3v) is 10.8. The molecule has 4 aromatic carbocycles. The van der Waals surface area contributed by atoms with Crippen molar-refractivity contribution >= 4 is 27.5 Å². The second-order valence-corrected chi connectivity index (χ2v) is 14.7. The van der Waals surface area contributed by atoms with Gasteiger partial charge in [-0.3, -0.25) is 13.9 Å². The number of carbonyl (C=O) groups is 2. The van der Waals surface area contributed by atoms with Crippen molar-refractivity contribution in [2.24, 2.45) is 0 Å². The number of nitrogens with one attached hydrogen (secondary N) is 1. The highest BCUT2D eigenvalue weighted by Gasteiger charge is 2.35. The Kier molecular flexibility index (Phi) is 12.1. The molecule has 4 aromatic rings. The van der Waals surface area contributed by atoms with Gasteiger partial charge in [-0.15, -0.1) is 0 Å². The fourth-order valence-electron chi connectivity index (χ4n) is 6.23. The molecule has 0 heterocycles. The van der Waals surface area contributed by atoms with Crippen LogP contribution in [0.5, 0.6) is 5.75 Å². The smallest absolute Gasteiger partial charge is 0.264 e. The molecule has 0 aliphatic heterocycles. The highest BCUT2D eigenvalue weighted by Crippen LogP contribution is 2.27. The quantitative estimate of drug-likeness (QED) is 0.155. The Morgan fingerprint density at radius 3 is 2.02 bits per heavy atom. The third kappa shape index (κ3) is 9.50. The van der Waals surface area contributed by atoms with Crippen molar-refractivity contribution in [3.8, 4) is 5.75 Å². The average Bonchev–Trinajstić information content (AvgIpc) is 3.11. The van der Waals surface area contributed by atoms with E-state index in [4.69, 9.17) is 4.74 Å². The van der Waals surface area contributed by atoms with Gasteiger partial charge in [0.05, 0.1) is 17.2 Å². The highest BCUT2D eigenvalue weighted by molar-refractivity contribution is 7.92. The second-order valence-electron chi connectivity index (χ2n) is 12.8. The van der Waals surface area contributed by atoms with Gasteiger partial charge in [-0.25, -0.2) is 8.42 Å². The lowest BCUT2D eigenvalue weighted by atomic mass is 9.94. The number of aryl methyl sites for hydroxylation is 2. The van der Waals surface area contributed by atoms with Crippen LogP contribution in [0, 0.1) is 13.8 Å². The summed E-state index contributed by atoms with van der Waals surface area (Å²) in [6.07, 6.45) is 5.33. The van der Waals surface area contributed by atoms with Crippen molar-refractivity contribution in [1.29, 1.82) is 0 Å². The molecule has 258 valence electrons. The van der Waals surface area contributed by atoms with Gasteiger partial charge in [0.25, 0.3) is 10.0 Å². The number of hydrogen-bond acceptors (Lipinski definition) is 5. The van der Waals surface area contributed by atoms with E-state index < -0.39 is 28.5 Å². The molecule has 1 saturated carbocycles. The maximum Gasteiger partial charge on any atom is 0.264 e. The fraction of sp³-hybridized carbons (Fsp3) is 0.350. The van der Waals surface area contributed by atoms with Crippen molar-refractivity contribution in [3.05, 3.63) is 125 Å². The van der Waals surface area contributed by atoms with Crippen molar-refractivity contribution in [2.45, 2.75) is 82.8 Å². The minimum atomic E-state index is -4.20. The molecule has 0 saturated heterocycles. The van der Waals surface area contributed by atoms with E-state index in [1.807, 2.05) is 87.5 Å². The van der Waals surface area contributed by atoms with Crippen LogP contribution >= 0.6 is 0 Å². The highest BCUT2D eigenvalue weighted by atomic mass is 32.2. The molecule has 8 nitrogen and oxygen atoms in total. The number of nitrogens with zero attached hydrogens (tertiary/aromatic N) is 2. The monoisotopic (exact) mass is 681 g/mol. The summed E-state index contributed by atoms with van der Waals surface area (Å²) < 4.78 is 35.3. The van der Waals surface area contributed by atoms with Crippen LogP contribution in [0.4, 0.5) is 5.69 Å². The zero-order valence-corrected chi connectivity index (χ0v) is 29.5. The number of benzene rings is 4. The van der Waals surface area contributed by atoms with Gasteiger partial charge in [-0.05, 0) is 81.1 Å². The number of carbonyl (C=O) groups excluding carboxylic acids is 2. The largest absolute Gasteiger partial charge is 0.494 e. The summed E-state index contributed by atoms with van der Waals surface area (Å²) in [6, 6.07) is 29.9. The molecule has 0 unspecified atom stereocenters. The van der Waals surface area contributed by atoms with Crippen LogP contribution < -0.4 is 14.4 Å². The van der Waals surface area contributed by atoms with Gasteiger partial charge in [0.1, 0.15) is 18.3 Å². The van der Waals surface area contributed by atoms with E-state index in [1.54, 1.807) is 29.2 Å². The summed E-state index contributed by atoms with van der Waals surface area (Å²) in [5.41, 5.74) is 4.14. The normalized spacial score (nSPS) is 14.1. The predicted molar refractivity (Wildman–Crippen MR) is 194 cm³/mol. The van der Waals surface area contributed by atoms with Crippen LogP contribution in [0.15, 0.2) is 108 Å². The number of ether oxygens (including phenoxy) is 1. The standard InChI is InChI=1S/C40H47N3O5S/c1-4-48-36-23-25-37(26-24-36)49(46,47)43(35-21-17-31(3)18-22-35)29-39(44)42(28-33-19-15-30(2)16-20-33)38(27-32-11-7-5-8-12-32)40(45)41-34-13-9-6-10-14-34/h5,7-8,11-12,15-26,34,38H,4,6,9-10,13-14,27-29H2,1-3H3,(H,41,45)/t38-/m0/s1. The van der Waals surface area contributed by atoms with Crippen LogP contribution in [0.1, 0.15) is 61.3 Å². The van der Waals surface area contributed by atoms with Gasteiger partial charge < -0.3 is 15.0 Å². The molecule has 1 aliphatic carbocycles. The molecule has 2 amide bonds. The molecule has 49 heavy (non-hydrogen) atoms. The molecular weight excluding hydrogens is 635 g/mol. The van der Waals surface area contributed by atoms with Crippen molar-refractivity contribution < 1.29 is 22.7 Å². The minimum absolute atomic E-state index is 0.0327. The zero-order chi connectivity index (χ0) is 34.8. The zero-order valence-electron chi connectivity index (χ0n) is 28.7. The van der Waals surface area contributed by atoms with Crippen LogP contribution in [0.2, 0.25) is 0 Å². The predicted octanol–water partition coefficient (Wildman–Crippen LogP) is 6.99. The Hall–Kier alpha value is -4.63. The van der Waals surface area contributed by atoms with Crippen molar-refractivity contribution in [2.75, 3.05) is 17.5 Å². The summed E-state index contributed by atoms with van der Waals surface area (Å²) in [6.45, 7) is 5.87. The maximum absolute atomic E-state index is 14.7. The Labute approximate surface area is 291 Å². The van der Waals surface area contributed by atoms with Gasteiger partial charge in [0.2, 0.25) is 11.8 Å². The van der Waals surface area contributed by atoms with E-state index in [2.05, 4.69) is 5.32 Å². The first kappa shape index (κ1) is 35.7. The molecule has 0 aromatic heterocycles. The van der Waals surface area contributed by atoms with Crippen LogP contribution in [-0.4, -0.2) is 50.4 Å². The Morgan fingerprint density at radius 1 is 0.796 bits per heavy atom. The summed E-state index contributed by atoms with van der Waals surface area (Å²) in [5, 5.41) is 3.26. The molecule has 1 N–H and O–H groups in total. The maximum atomic E-state index is 14.7. The number of rotatable bonds is 14. The second kappa shape index (κ2) is 16.7. The van der Waals surface area contributed by atoms with E-state index >= 15 is 0 Å². The van der Waals surface area contributed by atoms with E-state index in [1.165, 1.54) is 12.1 Å². The van der Waals surface area contributed by atoms with E-state index in [9.17, 15) is 18.0 Å². The first-order valence-electron chi connectivity index (χ1n) is 17.2.